The van der Waals surface area contributed by atoms with E-state index in [1.165, 1.54) is 0 Å². The predicted octanol–water partition coefficient (Wildman–Crippen LogP) is 3.37. The summed E-state index contributed by atoms with van der Waals surface area (Å²) in [5.74, 6) is 0.558. The first kappa shape index (κ1) is 19.6. The largest absolute Gasteiger partial charge is 0.494 e. The quantitative estimate of drug-likeness (QED) is 0.741. The zero-order valence-electron chi connectivity index (χ0n) is 17.6. The van der Waals surface area contributed by atoms with Gasteiger partial charge < -0.3 is 13.9 Å². The van der Waals surface area contributed by atoms with Crippen LogP contribution in [0.3, 0.4) is 0 Å². The molecule has 0 spiro atoms. The molecule has 1 aromatic heterocycles. The number of benzene rings is 1. The minimum Gasteiger partial charge on any atom is -0.399 e. The van der Waals surface area contributed by atoms with E-state index >= 15 is 4.39 Å². The van der Waals surface area contributed by atoms with Gasteiger partial charge in [0.2, 0.25) is 0 Å². The molecule has 5 nitrogen and oxygen atoms in total. The molecular formula is C21H29BFN3O2. The molecule has 1 saturated carbocycles. The van der Waals surface area contributed by atoms with Gasteiger partial charge in [-0.2, -0.15) is 0 Å². The lowest BCUT2D eigenvalue weighted by molar-refractivity contribution is -0.0435. The highest BCUT2D eigenvalue weighted by molar-refractivity contribution is 6.62. The van der Waals surface area contributed by atoms with Gasteiger partial charge in [-0.3, -0.25) is 0 Å². The Hall–Kier alpha value is -1.73. The molecule has 2 aliphatic rings. The lowest BCUT2D eigenvalue weighted by Gasteiger charge is -2.39. The monoisotopic (exact) mass is 385 g/mol. The molecule has 1 saturated heterocycles. The zero-order valence-corrected chi connectivity index (χ0v) is 17.6. The van der Waals surface area contributed by atoms with Gasteiger partial charge in [-0.25, -0.2) is 4.39 Å². The van der Waals surface area contributed by atoms with Crippen molar-refractivity contribution in [1.29, 1.82) is 0 Å². The third-order valence-electron chi connectivity index (χ3n) is 6.81. The van der Waals surface area contributed by atoms with Crippen LogP contribution in [0.5, 0.6) is 0 Å². The molecule has 2 fully saturated rings. The van der Waals surface area contributed by atoms with Crippen LogP contribution in [0, 0.1) is 11.8 Å². The summed E-state index contributed by atoms with van der Waals surface area (Å²) in [7, 11) is 1.26. The first-order valence-electron chi connectivity index (χ1n) is 10.1. The van der Waals surface area contributed by atoms with Crippen molar-refractivity contribution < 1.29 is 13.7 Å². The predicted molar refractivity (Wildman–Crippen MR) is 107 cm³/mol. The maximum absolute atomic E-state index is 16.4. The molecule has 2 heterocycles. The average Bonchev–Trinajstić information content (AvgIpc) is 3.36. The fourth-order valence-corrected chi connectivity index (χ4v) is 4.29. The number of hydrogen-bond acceptors (Lipinski definition) is 4. The summed E-state index contributed by atoms with van der Waals surface area (Å²) in [6, 6.07) is 7.53. The van der Waals surface area contributed by atoms with Crippen LogP contribution in [-0.2, 0) is 22.0 Å². The second-order valence-corrected chi connectivity index (χ2v) is 9.22. The van der Waals surface area contributed by atoms with Gasteiger partial charge in [0, 0.05) is 13.0 Å². The van der Waals surface area contributed by atoms with Crippen molar-refractivity contribution in [3.63, 3.8) is 0 Å². The van der Waals surface area contributed by atoms with Crippen LogP contribution in [0.1, 0.15) is 58.8 Å². The Morgan fingerprint density at radius 2 is 1.96 bits per heavy atom. The van der Waals surface area contributed by atoms with E-state index < -0.39 is 24.0 Å². The molecule has 28 heavy (non-hydrogen) atoms. The van der Waals surface area contributed by atoms with E-state index in [4.69, 9.17) is 9.31 Å². The van der Waals surface area contributed by atoms with Gasteiger partial charge in [0.05, 0.1) is 11.2 Å². The number of nitrogens with zero attached hydrogens (tertiary/aromatic N) is 3. The highest BCUT2D eigenvalue weighted by Gasteiger charge is 2.57. The van der Waals surface area contributed by atoms with Crippen LogP contribution in [-0.4, -0.2) is 33.1 Å². The van der Waals surface area contributed by atoms with Crippen molar-refractivity contribution in [2.45, 2.75) is 64.3 Å². The molecule has 4 rings (SSSR count). The lowest BCUT2D eigenvalue weighted by Crippen LogP contribution is -2.48. The zero-order chi connectivity index (χ0) is 20.3. The molecule has 7 heteroatoms. The van der Waals surface area contributed by atoms with Gasteiger partial charge in [0.15, 0.2) is 11.5 Å². The molecular weight excluding hydrogens is 356 g/mol. The Kier molecular flexibility index (Phi) is 4.47. The van der Waals surface area contributed by atoms with E-state index in [2.05, 4.69) is 44.8 Å². The molecule has 0 N–H and O–H groups in total. The summed E-state index contributed by atoms with van der Waals surface area (Å²) in [5.41, 5.74) is -1.11. The van der Waals surface area contributed by atoms with Crippen molar-refractivity contribution in [1.82, 2.24) is 14.8 Å². The van der Waals surface area contributed by atoms with Crippen molar-refractivity contribution in [2.24, 2.45) is 18.9 Å². The molecule has 1 aliphatic carbocycles. The number of aryl methyl sites for hydroxylation is 1. The van der Waals surface area contributed by atoms with Crippen LogP contribution >= 0.6 is 0 Å². The van der Waals surface area contributed by atoms with Crippen LogP contribution in [0.25, 0.3) is 0 Å². The topological polar surface area (TPSA) is 49.2 Å². The first-order chi connectivity index (χ1) is 13.1. The summed E-state index contributed by atoms with van der Waals surface area (Å²) >= 11 is 0. The van der Waals surface area contributed by atoms with E-state index in [1.54, 1.807) is 17.9 Å². The summed E-state index contributed by atoms with van der Waals surface area (Å²) < 4.78 is 30.8. The second kappa shape index (κ2) is 6.39. The number of rotatable bonds is 5. The van der Waals surface area contributed by atoms with E-state index in [9.17, 15) is 0 Å². The molecule has 150 valence electrons. The number of hydrogen-bond donors (Lipinski definition) is 0. The second-order valence-electron chi connectivity index (χ2n) is 9.22. The molecule has 0 amide bonds. The number of halogens is 1. The van der Waals surface area contributed by atoms with Gasteiger partial charge in [-0.1, -0.05) is 38.1 Å². The van der Waals surface area contributed by atoms with Crippen LogP contribution in [0.15, 0.2) is 30.6 Å². The molecule has 2 aromatic rings. The van der Waals surface area contributed by atoms with Crippen molar-refractivity contribution in [3.05, 3.63) is 42.0 Å². The van der Waals surface area contributed by atoms with Gasteiger partial charge in [-0.05, 0) is 50.6 Å². The Bertz CT molecular complexity index is 882. The summed E-state index contributed by atoms with van der Waals surface area (Å²) in [5, 5.41) is 8.00. The summed E-state index contributed by atoms with van der Waals surface area (Å²) in [6.07, 6.45) is 3.25. The molecule has 0 bridgehead atoms. The Morgan fingerprint density at radius 1 is 1.25 bits per heavy atom. The number of alkyl halides is 1. The molecule has 0 radical (unpaired) electrons. The van der Waals surface area contributed by atoms with E-state index in [0.29, 0.717) is 11.4 Å². The lowest BCUT2D eigenvalue weighted by atomic mass is 9.76. The van der Waals surface area contributed by atoms with Crippen LogP contribution in [0.2, 0.25) is 0 Å². The average molecular weight is 385 g/mol. The highest BCUT2D eigenvalue weighted by Crippen LogP contribution is 2.51. The van der Waals surface area contributed by atoms with Crippen LogP contribution < -0.4 is 5.46 Å². The minimum absolute atomic E-state index is 0.0755. The smallest absolute Gasteiger partial charge is 0.399 e. The van der Waals surface area contributed by atoms with E-state index in [0.717, 1.165) is 18.3 Å². The van der Waals surface area contributed by atoms with Gasteiger partial charge in [-0.15, -0.1) is 10.2 Å². The fourth-order valence-electron chi connectivity index (χ4n) is 4.29. The third kappa shape index (κ3) is 2.82. The summed E-state index contributed by atoms with van der Waals surface area (Å²) in [4.78, 5) is 0. The van der Waals surface area contributed by atoms with Crippen molar-refractivity contribution in [3.8, 4) is 0 Å². The highest BCUT2D eigenvalue weighted by atomic mass is 19.1. The Morgan fingerprint density at radius 3 is 2.50 bits per heavy atom. The molecule has 2 unspecified atom stereocenters. The van der Waals surface area contributed by atoms with Gasteiger partial charge >= 0.3 is 7.12 Å². The maximum Gasteiger partial charge on any atom is 0.494 e. The van der Waals surface area contributed by atoms with Crippen molar-refractivity contribution in [2.75, 3.05) is 0 Å². The SMILES string of the molecule is CC(C)C1(C)OB(c2cccc(C(F)(c3nncn3C)C3CC3)c2)OC1(C)C. The third-order valence-corrected chi connectivity index (χ3v) is 6.81. The Balaban J connectivity index is 1.72. The minimum atomic E-state index is -1.66. The Labute approximate surface area is 166 Å². The fraction of sp³-hybridized carbons (Fsp3) is 0.619. The van der Waals surface area contributed by atoms with Crippen molar-refractivity contribution >= 4 is 12.6 Å². The molecule has 1 aromatic carbocycles. The molecule has 1 aliphatic heterocycles. The van der Waals surface area contributed by atoms with E-state index in [1.807, 2.05) is 24.3 Å². The van der Waals surface area contributed by atoms with Crippen LogP contribution in [0.4, 0.5) is 4.39 Å². The normalized spacial score (nSPS) is 26.6. The van der Waals surface area contributed by atoms with Gasteiger partial charge in [0.25, 0.3) is 0 Å². The summed E-state index contributed by atoms with van der Waals surface area (Å²) in [6.45, 7) is 10.5. The maximum atomic E-state index is 16.4. The van der Waals surface area contributed by atoms with Gasteiger partial charge in [0.1, 0.15) is 6.33 Å². The standard InChI is InChI=1S/C21H29BFN3O2/c1-14(2)20(5)19(3,4)27-22(28-20)17-9-7-8-16(12-17)21(23,15-10-11-15)18-25-24-13-26(18)6/h7-9,12-15H,10-11H2,1-6H3. The van der Waals surface area contributed by atoms with E-state index in [-0.39, 0.29) is 11.8 Å². The molecule has 2 atom stereocenters. The number of aromatic nitrogens is 3. The first-order valence-corrected chi connectivity index (χ1v) is 10.1.